The van der Waals surface area contributed by atoms with Crippen LogP contribution in [0.4, 0.5) is 10.3 Å². The van der Waals surface area contributed by atoms with Crippen LogP contribution in [0.1, 0.15) is 22.7 Å². The molecule has 134 valence electrons. The predicted octanol–water partition coefficient (Wildman–Crippen LogP) is 4.20. The molecule has 6 nitrogen and oxygen atoms in total. The molecule has 0 amide bonds. The molecule has 2 heterocycles. The van der Waals surface area contributed by atoms with Gasteiger partial charge in [0.1, 0.15) is 11.9 Å². The molecular formula is C20H14FN3O3. The van der Waals surface area contributed by atoms with E-state index in [2.05, 4.69) is 10.3 Å². The molecule has 0 saturated heterocycles. The third kappa shape index (κ3) is 3.75. The Labute approximate surface area is 154 Å². The van der Waals surface area contributed by atoms with Gasteiger partial charge in [-0.25, -0.2) is 4.39 Å². The highest BCUT2D eigenvalue weighted by Crippen LogP contribution is 2.32. The molecule has 0 spiro atoms. The van der Waals surface area contributed by atoms with Crippen LogP contribution >= 0.6 is 0 Å². The molecule has 7 heteroatoms. The Morgan fingerprint density at radius 3 is 2.74 bits per heavy atom. The summed E-state index contributed by atoms with van der Waals surface area (Å²) in [5, 5.41) is 12.3. The molecule has 0 fully saturated rings. The number of nitriles is 1. The second-order valence-electron chi connectivity index (χ2n) is 5.77. The van der Waals surface area contributed by atoms with Crippen molar-refractivity contribution in [2.24, 2.45) is 0 Å². The number of hydrogen-bond acceptors (Lipinski definition) is 6. The first-order chi connectivity index (χ1) is 13.2. The van der Waals surface area contributed by atoms with Crippen molar-refractivity contribution in [2.45, 2.75) is 6.54 Å². The van der Waals surface area contributed by atoms with Crippen LogP contribution in [0.2, 0.25) is 0 Å². The quantitative estimate of drug-likeness (QED) is 0.732. The summed E-state index contributed by atoms with van der Waals surface area (Å²) in [6.07, 6.45) is 3.36. The molecule has 3 aromatic rings. The molecule has 1 aliphatic rings. The topological polar surface area (TPSA) is 80.3 Å². The van der Waals surface area contributed by atoms with Crippen molar-refractivity contribution in [3.05, 3.63) is 71.0 Å². The molecule has 0 unspecified atom stereocenters. The Kier molecular flexibility index (Phi) is 4.45. The number of benzene rings is 2. The van der Waals surface area contributed by atoms with Crippen molar-refractivity contribution in [3.8, 4) is 17.6 Å². The van der Waals surface area contributed by atoms with Gasteiger partial charge in [0.25, 0.3) is 0 Å². The van der Waals surface area contributed by atoms with Crippen molar-refractivity contribution >= 4 is 18.0 Å². The second kappa shape index (κ2) is 7.22. The zero-order valence-corrected chi connectivity index (χ0v) is 14.1. The largest absolute Gasteiger partial charge is 0.454 e. The maximum Gasteiger partial charge on any atom is 0.232 e. The van der Waals surface area contributed by atoms with Crippen molar-refractivity contribution in [1.29, 1.82) is 5.26 Å². The minimum absolute atomic E-state index is 0.162. The Hall–Kier alpha value is -3.79. The van der Waals surface area contributed by atoms with Gasteiger partial charge in [0.05, 0.1) is 0 Å². The van der Waals surface area contributed by atoms with Gasteiger partial charge >= 0.3 is 0 Å². The summed E-state index contributed by atoms with van der Waals surface area (Å²) in [6, 6.07) is 13.6. The molecular weight excluding hydrogens is 349 g/mol. The summed E-state index contributed by atoms with van der Waals surface area (Å²) in [7, 11) is 0. The molecule has 0 bridgehead atoms. The monoisotopic (exact) mass is 363 g/mol. The number of halogens is 1. The first kappa shape index (κ1) is 16.7. The molecule has 0 saturated carbocycles. The van der Waals surface area contributed by atoms with Crippen LogP contribution in [0.15, 0.2) is 46.9 Å². The van der Waals surface area contributed by atoms with Crippen molar-refractivity contribution in [2.75, 3.05) is 12.1 Å². The number of hydrogen-bond donors (Lipinski definition) is 1. The standard InChI is InChI=1S/C20H14FN3O3/c21-15-5-1-13(2-6-15)4-8-19-24-16(10-22)20(27-19)23-11-14-3-7-17-18(9-14)26-12-25-17/h1-9,23H,11-12H2/b8-4+. The summed E-state index contributed by atoms with van der Waals surface area (Å²) in [5.41, 5.74) is 1.90. The van der Waals surface area contributed by atoms with Gasteiger partial charge in [0.15, 0.2) is 11.5 Å². The van der Waals surface area contributed by atoms with E-state index < -0.39 is 0 Å². The number of nitrogens with one attached hydrogen (secondary N) is 1. The molecule has 27 heavy (non-hydrogen) atoms. The van der Waals surface area contributed by atoms with Gasteiger partial charge in [-0.3, -0.25) is 0 Å². The van der Waals surface area contributed by atoms with E-state index >= 15 is 0 Å². The lowest BCUT2D eigenvalue weighted by molar-refractivity contribution is 0.174. The summed E-state index contributed by atoms with van der Waals surface area (Å²) in [6.45, 7) is 0.651. The number of oxazole rings is 1. The fourth-order valence-corrected chi connectivity index (χ4v) is 2.58. The molecule has 4 rings (SSSR count). The van der Waals surface area contributed by atoms with Crippen molar-refractivity contribution in [1.82, 2.24) is 4.98 Å². The van der Waals surface area contributed by atoms with Crippen LogP contribution in [0.5, 0.6) is 11.5 Å². The van der Waals surface area contributed by atoms with Crippen LogP contribution in [0.25, 0.3) is 12.2 Å². The summed E-state index contributed by atoms with van der Waals surface area (Å²) in [4.78, 5) is 4.14. The smallest absolute Gasteiger partial charge is 0.232 e. The minimum atomic E-state index is -0.301. The van der Waals surface area contributed by atoms with Crippen LogP contribution in [0, 0.1) is 17.1 Å². The molecule has 0 aliphatic carbocycles. The number of ether oxygens (including phenoxy) is 2. The van der Waals surface area contributed by atoms with Gasteiger partial charge in [-0.05, 0) is 41.5 Å². The van der Waals surface area contributed by atoms with Gasteiger partial charge in [0, 0.05) is 12.6 Å². The highest BCUT2D eigenvalue weighted by molar-refractivity contribution is 5.67. The lowest BCUT2D eigenvalue weighted by atomic mass is 10.2. The van der Waals surface area contributed by atoms with Gasteiger partial charge in [-0.15, -0.1) is 0 Å². The number of anilines is 1. The third-order valence-corrected chi connectivity index (χ3v) is 3.93. The lowest BCUT2D eigenvalue weighted by Gasteiger charge is -2.04. The van der Waals surface area contributed by atoms with E-state index in [1.54, 1.807) is 24.3 Å². The Morgan fingerprint density at radius 2 is 1.93 bits per heavy atom. The van der Waals surface area contributed by atoms with Gasteiger partial charge in [-0.1, -0.05) is 18.2 Å². The third-order valence-electron chi connectivity index (χ3n) is 3.93. The summed E-state index contributed by atoms with van der Waals surface area (Å²) >= 11 is 0. The van der Waals surface area contributed by atoms with Crippen LogP contribution < -0.4 is 14.8 Å². The maximum atomic E-state index is 12.9. The van der Waals surface area contributed by atoms with Crippen molar-refractivity contribution < 1.29 is 18.3 Å². The fraction of sp³-hybridized carbons (Fsp3) is 0.100. The number of nitrogens with zero attached hydrogens (tertiary/aromatic N) is 2. The second-order valence-corrected chi connectivity index (χ2v) is 5.77. The summed E-state index contributed by atoms with van der Waals surface area (Å²) < 4.78 is 29.2. The molecule has 1 N–H and O–H groups in total. The first-order valence-corrected chi connectivity index (χ1v) is 8.18. The molecule has 1 aromatic heterocycles. The normalized spacial score (nSPS) is 12.3. The van der Waals surface area contributed by atoms with E-state index in [4.69, 9.17) is 13.9 Å². The number of aromatic nitrogens is 1. The predicted molar refractivity (Wildman–Crippen MR) is 96.4 cm³/mol. The number of fused-ring (bicyclic) bond motifs is 1. The van der Waals surface area contributed by atoms with E-state index in [9.17, 15) is 9.65 Å². The lowest BCUT2D eigenvalue weighted by Crippen LogP contribution is -1.99. The summed E-state index contributed by atoms with van der Waals surface area (Å²) in [5.74, 6) is 1.67. The average molecular weight is 363 g/mol. The first-order valence-electron chi connectivity index (χ1n) is 8.18. The van der Waals surface area contributed by atoms with E-state index in [0.29, 0.717) is 18.0 Å². The van der Waals surface area contributed by atoms with E-state index in [1.165, 1.54) is 12.1 Å². The average Bonchev–Trinajstić information content (AvgIpc) is 3.31. The van der Waals surface area contributed by atoms with E-state index in [0.717, 1.165) is 11.1 Å². The minimum Gasteiger partial charge on any atom is -0.454 e. The maximum absolute atomic E-state index is 12.9. The van der Waals surface area contributed by atoms with Gasteiger partial charge in [-0.2, -0.15) is 10.2 Å². The van der Waals surface area contributed by atoms with Crippen molar-refractivity contribution in [3.63, 3.8) is 0 Å². The molecule has 0 radical (unpaired) electrons. The molecule has 0 atom stereocenters. The highest BCUT2D eigenvalue weighted by Gasteiger charge is 2.15. The fourth-order valence-electron chi connectivity index (χ4n) is 2.58. The SMILES string of the molecule is N#Cc1nc(/C=C/c2ccc(F)cc2)oc1NCc1ccc2c(c1)OCO2. The zero-order valence-electron chi connectivity index (χ0n) is 14.1. The Bertz CT molecular complexity index is 1040. The van der Waals surface area contributed by atoms with Gasteiger partial charge in [0.2, 0.25) is 24.3 Å². The van der Waals surface area contributed by atoms with Crippen LogP contribution in [-0.4, -0.2) is 11.8 Å². The molecule has 1 aliphatic heterocycles. The molecule has 2 aromatic carbocycles. The Morgan fingerprint density at radius 1 is 1.11 bits per heavy atom. The zero-order chi connectivity index (χ0) is 18.6. The van der Waals surface area contributed by atoms with Gasteiger partial charge < -0.3 is 19.2 Å². The van der Waals surface area contributed by atoms with E-state index in [1.807, 2.05) is 24.3 Å². The van der Waals surface area contributed by atoms with Crippen LogP contribution in [-0.2, 0) is 6.54 Å². The van der Waals surface area contributed by atoms with E-state index in [-0.39, 0.29) is 30.1 Å². The number of rotatable bonds is 5. The Balaban J connectivity index is 1.46. The highest BCUT2D eigenvalue weighted by atomic mass is 19.1. The van der Waals surface area contributed by atoms with Crippen LogP contribution in [0.3, 0.4) is 0 Å².